The van der Waals surface area contributed by atoms with E-state index >= 15 is 0 Å². The van der Waals surface area contributed by atoms with E-state index in [1.165, 1.54) is 128 Å². The number of ether oxygens (including phenoxy) is 2. The van der Waals surface area contributed by atoms with E-state index in [4.69, 9.17) is 24.8 Å². The number of nitrogens with two attached hydrogens (primary N) is 1. The van der Waals surface area contributed by atoms with Crippen LogP contribution < -0.4 is 5.73 Å². The third-order valence-electron chi connectivity index (χ3n) is 9.51. The number of phosphoric acid groups is 1. The van der Waals surface area contributed by atoms with E-state index in [2.05, 4.69) is 30.5 Å². The summed E-state index contributed by atoms with van der Waals surface area (Å²) in [6, 6.07) is -1.52. The first-order chi connectivity index (χ1) is 26.1. The van der Waals surface area contributed by atoms with E-state index in [0.717, 1.165) is 38.5 Å². The highest BCUT2D eigenvalue weighted by molar-refractivity contribution is 7.47. The maximum atomic E-state index is 12.6. The first kappa shape index (κ1) is 52.2. The Labute approximate surface area is 328 Å². The number of aliphatic carboxylic acids is 1. The third-order valence-corrected chi connectivity index (χ3v) is 10.5. The molecule has 0 heterocycles. The van der Waals surface area contributed by atoms with Gasteiger partial charge in [0.05, 0.1) is 13.2 Å². The number of unbranched alkanes of at least 4 members (excludes halogenated alkanes) is 25. The Balaban J connectivity index is 4.32. The van der Waals surface area contributed by atoms with Crippen LogP contribution in [0.25, 0.3) is 0 Å². The summed E-state index contributed by atoms with van der Waals surface area (Å²) in [7, 11) is -4.71. The zero-order valence-corrected chi connectivity index (χ0v) is 35.2. The second kappa shape index (κ2) is 38.1. The number of carboxylic acid groups (broad SMARTS) is 1. The van der Waals surface area contributed by atoms with Crippen molar-refractivity contribution in [2.24, 2.45) is 5.73 Å². The van der Waals surface area contributed by atoms with Crippen LogP contribution in [0, 0.1) is 0 Å². The molecule has 0 aromatic carbocycles. The number of carbonyl (C=O) groups excluding carboxylic acids is 2. The summed E-state index contributed by atoms with van der Waals surface area (Å²) in [6.07, 6.45) is 37.0. The number of carbonyl (C=O) groups is 3. The molecule has 3 atom stereocenters. The Hall–Kier alpha value is -1.78. The number of phosphoric ester groups is 1. The lowest BCUT2D eigenvalue weighted by atomic mass is 10.0. The van der Waals surface area contributed by atoms with Crippen molar-refractivity contribution >= 4 is 25.7 Å². The highest BCUT2D eigenvalue weighted by Crippen LogP contribution is 2.43. The summed E-state index contributed by atoms with van der Waals surface area (Å²) in [4.78, 5) is 45.9. The van der Waals surface area contributed by atoms with Gasteiger partial charge in [-0.25, -0.2) is 4.57 Å². The first-order valence-corrected chi connectivity index (χ1v) is 23.2. The smallest absolute Gasteiger partial charge is 0.472 e. The normalized spacial score (nSPS) is 13.9. The Morgan fingerprint density at radius 2 is 0.926 bits per heavy atom. The number of carboxylic acids is 1. The van der Waals surface area contributed by atoms with E-state index < -0.39 is 51.1 Å². The minimum absolute atomic E-state index is 0.166. The molecule has 318 valence electrons. The predicted molar refractivity (Wildman–Crippen MR) is 217 cm³/mol. The zero-order chi connectivity index (χ0) is 40.0. The maximum Gasteiger partial charge on any atom is 0.472 e. The molecule has 1 unspecified atom stereocenters. The van der Waals surface area contributed by atoms with Crippen LogP contribution in [0.2, 0.25) is 0 Å². The fourth-order valence-corrected chi connectivity index (χ4v) is 6.84. The molecule has 0 aliphatic heterocycles. The summed E-state index contributed by atoms with van der Waals surface area (Å²) < 4.78 is 32.7. The van der Waals surface area contributed by atoms with E-state index in [0.29, 0.717) is 12.8 Å². The lowest BCUT2D eigenvalue weighted by Crippen LogP contribution is -2.34. The van der Waals surface area contributed by atoms with Crippen molar-refractivity contribution in [3.63, 3.8) is 0 Å². The molecule has 0 spiro atoms. The van der Waals surface area contributed by atoms with Crippen LogP contribution in [0.15, 0.2) is 12.2 Å². The fraction of sp³-hybridized carbons (Fsp3) is 0.881. The van der Waals surface area contributed by atoms with Gasteiger partial charge in [-0.15, -0.1) is 0 Å². The predicted octanol–water partition coefficient (Wildman–Crippen LogP) is 11.3. The van der Waals surface area contributed by atoms with Crippen molar-refractivity contribution in [3.05, 3.63) is 12.2 Å². The van der Waals surface area contributed by atoms with Gasteiger partial charge in [0.2, 0.25) is 0 Å². The van der Waals surface area contributed by atoms with Crippen LogP contribution in [-0.4, -0.2) is 59.9 Å². The molecule has 0 radical (unpaired) electrons. The van der Waals surface area contributed by atoms with Gasteiger partial charge < -0.3 is 25.2 Å². The molecule has 0 aliphatic rings. The molecular weight excluding hydrogens is 709 g/mol. The average molecular weight is 790 g/mol. The zero-order valence-electron chi connectivity index (χ0n) is 34.3. The molecule has 0 aliphatic carbocycles. The van der Waals surface area contributed by atoms with Gasteiger partial charge >= 0.3 is 25.7 Å². The average Bonchev–Trinajstić information content (AvgIpc) is 3.14. The molecule has 0 fully saturated rings. The molecule has 4 N–H and O–H groups in total. The van der Waals surface area contributed by atoms with E-state index in [1.54, 1.807) is 0 Å². The largest absolute Gasteiger partial charge is 0.480 e. The lowest BCUT2D eigenvalue weighted by Gasteiger charge is -2.20. The van der Waals surface area contributed by atoms with Crippen molar-refractivity contribution in [2.45, 2.75) is 219 Å². The molecule has 0 saturated heterocycles. The highest BCUT2D eigenvalue weighted by atomic mass is 31.2. The van der Waals surface area contributed by atoms with Gasteiger partial charge in [0.15, 0.2) is 6.10 Å². The van der Waals surface area contributed by atoms with E-state index in [1.807, 2.05) is 0 Å². The number of rotatable bonds is 41. The van der Waals surface area contributed by atoms with Crippen LogP contribution in [-0.2, 0) is 37.5 Å². The van der Waals surface area contributed by atoms with Crippen LogP contribution in [0.5, 0.6) is 0 Å². The van der Waals surface area contributed by atoms with Crippen molar-refractivity contribution in [2.75, 3.05) is 19.8 Å². The minimum atomic E-state index is -4.71. The van der Waals surface area contributed by atoms with E-state index in [9.17, 15) is 23.8 Å². The number of hydrogen-bond acceptors (Lipinski definition) is 9. The van der Waals surface area contributed by atoms with Crippen LogP contribution in [0.1, 0.15) is 206 Å². The SMILES string of the molecule is CCCCCC/C=C/CCCCCCCCCCCC(=O)OC[C@H](COP(=O)(O)OC[C@H](N)C(=O)O)OC(=O)CCCCCCCCCCCCCCC. The molecule has 12 heteroatoms. The third kappa shape index (κ3) is 37.2. The molecule has 0 aromatic rings. The summed E-state index contributed by atoms with van der Waals surface area (Å²) in [6.45, 7) is 2.80. The fourth-order valence-electron chi connectivity index (χ4n) is 6.06. The Bertz CT molecular complexity index is 979. The van der Waals surface area contributed by atoms with Crippen LogP contribution in [0.3, 0.4) is 0 Å². The molecule has 11 nitrogen and oxygen atoms in total. The van der Waals surface area contributed by atoms with Crippen molar-refractivity contribution < 1.29 is 47.5 Å². The topological polar surface area (TPSA) is 172 Å². The Morgan fingerprint density at radius 1 is 0.556 bits per heavy atom. The second-order valence-corrected chi connectivity index (χ2v) is 16.3. The molecule has 0 rings (SSSR count). The minimum Gasteiger partial charge on any atom is -0.480 e. The van der Waals surface area contributed by atoms with Crippen molar-refractivity contribution in [1.29, 1.82) is 0 Å². The molecule has 0 bridgehead atoms. The standard InChI is InChI=1S/C42H80NO10P/c1-3-5-7-9-11-13-15-17-18-19-20-22-23-25-27-29-31-33-40(44)50-35-38(36-51-54(48,49)52-37-39(43)42(46)47)53-41(45)34-32-30-28-26-24-21-16-14-12-10-8-6-4-2/h13,15,38-39H,3-12,14,16-37,43H2,1-2H3,(H,46,47)(H,48,49)/b15-13+/t38-,39+/m1/s1. The summed E-state index contributed by atoms with van der Waals surface area (Å²) in [5.74, 6) is -2.37. The molecular formula is C42H80NO10P. The molecule has 0 amide bonds. The van der Waals surface area contributed by atoms with Gasteiger partial charge in [0.1, 0.15) is 12.6 Å². The first-order valence-electron chi connectivity index (χ1n) is 21.7. The van der Waals surface area contributed by atoms with Gasteiger partial charge in [-0.3, -0.25) is 23.4 Å². The van der Waals surface area contributed by atoms with Crippen LogP contribution in [0.4, 0.5) is 0 Å². The van der Waals surface area contributed by atoms with Crippen LogP contribution >= 0.6 is 7.82 Å². The molecule has 0 aromatic heterocycles. The molecule has 54 heavy (non-hydrogen) atoms. The Kier molecular flexibility index (Phi) is 36.9. The van der Waals surface area contributed by atoms with Gasteiger partial charge in [0.25, 0.3) is 0 Å². The van der Waals surface area contributed by atoms with Crippen molar-refractivity contribution in [3.8, 4) is 0 Å². The summed E-state index contributed by atoms with van der Waals surface area (Å²) in [5.41, 5.74) is 5.33. The van der Waals surface area contributed by atoms with Gasteiger partial charge in [-0.1, -0.05) is 167 Å². The number of esters is 2. The number of allylic oxidation sites excluding steroid dienone is 2. The Morgan fingerprint density at radius 3 is 1.37 bits per heavy atom. The van der Waals surface area contributed by atoms with Gasteiger partial charge in [-0.05, 0) is 38.5 Å². The summed E-state index contributed by atoms with van der Waals surface area (Å²) in [5, 5.41) is 8.88. The van der Waals surface area contributed by atoms with E-state index in [-0.39, 0.29) is 19.4 Å². The van der Waals surface area contributed by atoms with Gasteiger partial charge in [0, 0.05) is 12.8 Å². The highest BCUT2D eigenvalue weighted by Gasteiger charge is 2.28. The lowest BCUT2D eigenvalue weighted by molar-refractivity contribution is -0.161. The molecule has 0 saturated carbocycles. The monoisotopic (exact) mass is 790 g/mol. The quantitative estimate of drug-likeness (QED) is 0.0233. The van der Waals surface area contributed by atoms with Gasteiger partial charge in [-0.2, -0.15) is 0 Å². The number of hydrogen-bond donors (Lipinski definition) is 3. The van der Waals surface area contributed by atoms with Crippen molar-refractivity contribution in [1.82, 2.24) is 0 Å². The summed E-state index contributed by atoms with van der Waals surface area (Å²) >= 11 is 0. The maximum absolute atomic E-state index is 12.6. The second-order valence-electron chi connectivity index (χ2n) is 14.8.